The molecule has 2 heterocycles. The lowest BCUT2D eigenvalue weighted by Gasteiger charge is -2.36. The van der Waals surface area contributed by atoms with Gasteiger partial charge in [-0.15, -0.1) is 0 Å². The molecule has 0 radical (unpaired) electrons. The highest BCUT2D eigenvalue weighted by Crippen LogP contribution is 2.33. The Morgan fingerprint density at radius 3 is 1.74 bits per heavy atom. The van der Waals surface area contributed by atoms with Crippen molar-refractivity contribution in [1.82, 2.24) is 52.3 Å². The van der Waals surface area contributed by atoms with Crippen LogP contribution in [0.4, 0.5) is 0 Å². The maximum atomic E-state index is 14.5. The second-order valence-corrected chi connectivity index (χ2v) is 21.5. The van der Waals surface area contributed by atoms with Crippen molar-refractivity contribution in [3.05, 3.63) is 70.8 Å². The number of aryl methyl sites for hydroxylation is 2. The summed E-state index contributed by atoms with van der Waals surface area (Å²) in [6, 6.07) is 9.89. The summed E-state index contributed by atoms with van der Waals surface area (Å²) in [5.74, 6) is -2.80. The molecule has 0 spiro atoms. The van der Waals surface area contributed by atoms with Gasteiger partial charge in [-0.1, -0.05) is 69.3 Å². The number of nitrogens with zero attached hydrogens (tertiary/aromatic N) is 2. The molecule has 19 heteroatoms. The van der Waals surface area contributed by atoms with E-state index in [0.717, 1.165) is 49.7 Å². The molecule has 10 N–H and O–H groups in total. The quantitative estimate of drug-likeness (QED) is 0.0813. The van der Waals surface area contributed by atoms with Crippen LogP contribution in [-0.2, 0) is 51.2 Å². The van der Waals surface area contributed by atoms with E-state index in [0.29, 0.717) is 6.42 Å². The van der Waals surface area contributed by atoms with E-state index >= 15 is 0 Å². The zero-order valence-electron chi connectivity index (χ0n) is 43.9. The fraction of sp³-hybridized carbons (Fsp3) is 0.630. The number of carbonyl (C=O) groups is 8. The standard InChI is InChI=1S/C54H81N11O8/c1-32(56-6)48(68)62-42(52(72)64-30-36(55)28-43(64)50(70)60-40-22-12-18-34-16-8-10-20-38(34)40)24-15-27-58-45(66)25-14-26-46(67)59-37-29-44(51(71)61-41-23-13-19-35-17-9-11-21-39(35)41)65(31-37)53(73)47(54(3,4)5)63-49(69)33(2)57-7/h8-11,16-17,20-21,32-33,36-37,40-44,47,56-57H,12-15,18-19,22-31,55H2,1-7H3,(H,58,66)(H,59,67)(H,60,70)(H,61,71)(H,62,68)(H,63,69)/t32-,33-,36-,37-,40+,41+,42-,43-,44-,47+/m0/s1. The minimum atomic E-state index is -0.975. The first-order chi connectivity index (χ1) is 34.8. The average molecular weight is 1010 g/mol. The number of amides is 8. The Labute approximate surface area is 430 Å². The van der Waals surface area contributed by atoms with Gasteiger partial charge < -0.3 is 58.1 Å². The molecule has 2 fully saturated rings. The molecule has 0 unspecified atom stereocenters. The number of nitrogens with two attached hydrogens (primary N) is 1. The van der Waals surface area contributed by atoms with Crippen LogP contribution in [0.3, 0.4) is 0 Å². The van der Waals surface area contributed by atoms with Crippen LogP contribution in [0.2, 0.25) is 0 Å². The predicted octanol–water partition coefficient (Wildman–Crippen LogP) is 1.69. The van der Waals surface area contributed by atoms with Crippen molar-refractivity contribution >= 4 is 47.3 Å². The van der Waals surface area contributed by atoms with E-state index in [1.165, 1.54) is 20.9 Å². The molecular formula is C54H81N11O8. The van der Waals surface area contributed by atoms with E-state index < -0.39 is 65.6 Å². The summed E-state index contributed by atoms with van der Waals surface area (Å²) in [7, 11) is 3.30. The van der Waals surface area contributed by atoms with Gasteiger partial charge in [-0.3, -0.25) is 38.4 Å². The van der Waals surface area contributed by atoms with Crippen molar-refractivity contribution in [2.75, 3.05) is 33.7 Å². The van der Waals surface area contributed by atoms with Gasteiger partial charge in [-0.05, 0) is 126 Å². The lowest BCUT2D eigenvalue weighted by molar-refractivity contribution is -0.144. The number of likely N-dealkylation sites (N-methyl/N-ethyl adjacent to an activating group) is 2. The normalized spacial score (nSPS) is 23.1. The lowest BCUT2D eigenvalue weighted by atomic mass is 9.85. The van der Waals surface area contributed by atoms with E-state index in [1.54, 1.807) is 27.9 Å². The summed E-state index contributed by atoms with van der Waals surface area (Å²) in [6.07, 6.45) is 6.50. The average Bonchev–Trinajstić information content (AvgIpc) is 3.99. The third-order valence-electron chi connectivity index (χ3n) is 15.0. The highest BCUT2D eigenvalue weighted by atomic mass is 16.2. The number of fused-ring (bicyclic) bond motifs is 2. The predicted molar refractivity (Wildman–Crippen MR) is 277 cm³/mol. The molecular weight excluding hydrogens is 931 g/mol. The maximum Gasteiger partial charge on any atom is 0.246 e. The van der Waals surface area contributed by atoms with Gasteiger partial charge in [0.15, 0.2) is 0 Å². The van der Waals surface area contributed by atoms with Crippen molar-refractivity contribution in [1.29, 1.82) is 0 Å². The second kappa shape index (κ2) is 25.8. The third kappa shape index (κ3) is 14.9. The minimum absolute atomic E-state index is 0.0163. The monoisotopic (exact) mass is 1010 g/mol. The molecule has 2 aliphatic carbocycles. The topological polar surface area (TPSA) is 265 Å². The molecule has 19 nitrogen and oxygen atoms in total. The fourth-order valence-electron chi connectivity index (χ4n) is 10.6. The highest BCUT2D eigenvalue weighted by Gasteiger charge is 2.46. The largest absolute Gasteiger partial charge is 0.356 e. The van der Waals surface area contributed by atoms with Crippen molar-refractivity contribution in [2.24, 2.45) is 11.1 Å². The molecule has 2 saturated heterocycles. The molecule has 6 rings (SSSR count). The Bertz CT molecular complexity index is 2300. The molecule has 2 aromatic rings. The van der Waals surface area contributed by atoms with Crippen LogP contribution >= 0.6 is 0 Å². The number of nitrogens with one attached hydrogen (secondary N) is 8. The van der Waals surface area contributed by atoms with Gasteiger partial charge in [0.25, 0.3) is 0 Å². The minimum Gasteiger partial charge on any atom is -0.356 e. The summed E-state index contributed by atoms with van der Waals surface area (Å²) in [5.41, 5.74) is 10.2. The molecule has 0 bridgehead atoms. The lowest BCUT2D eigenvalue weighted by Crippen LogP contribution is -2.59. The highest BCUT2D eigenvalue weighted by molar-refractivity contribution is 5.95. The Balaban J connectivity index is 1.01. The van der Waals surface area contributed by atoms with Crippen LogP contribution in [-0.4, -0.2) is 139 Å². The van der Waals surface area contributed by atoms with E-state index in [4.69, 9.17) is 5.73 Å². The van der Waals surface area contributed by atoms with Crippen LogP contribution in [0.1, 0.15) is 140 Å². The molecule has 2 aliphatic heterocycles. The van der Waals surface area contributed by atoms with Gasteiger partial charge in [-0.2, -0.15) is 0 Å². The van der Waals surface area contributed by atoms with E-state index in [-0.39, 0.29) is 106 Å². The summed E-state index contributed by atoms with van der Waals surface area (Å²) >= 11 is 0. The van der Waals surface area contributed by atoms with Crippen LogP contribution in [0, 0.1) is 5.41 Å². The van der Waals surface area contributed by atoms with Crippen molar-refractivity contribution in [3.8, 4) is 0 Å². The van der Waals surface area contributed by atoms with Gasteiger partial charge in [0, 0.05) is 44.6 Å². The maximum absolute atomic E-state index is 14.5. The summed E-state index contributed by atoms with van der Waals surface area (Å²) < 4.78 is 0. The molecule has 73 heavy (non-hydrogen) atoms. The zero-order valence-corrected chi connectivity index (χ0v) is 43.9. The SMILES string of the molecule is CN[C@@H](C)C(=O)N[C@@H](CCCNC(=O)CCCC(=O)N[C@H]1C[C@@H](C(=O)N[C@@H]2CCCc3ccccc32)N(C(=O)[C@@H](NC(=O)[C@H](C)NC)C(C)(C)C)C1)C(=O)N1C[C@@H](N)C[C@H]1C(=O)N[C@@H]1CCCc2ccccc21. The van der Waals surface area contributed by atoms with Crippen molar-refractivity contribution in [3.63, 3.8) is 0 Å². The van der Waals surface area contributed by atoms with Crippen molar-refractivity contribution in [2.45, 2.75) is 179 Å². The Hall–Kier alpha value is -5.92. The Kier molecular flexibility index (Phi) is 20.0. The van der Waals surface area contributed by atoms with Crippen LogP contribution in [0.15, 0.2) is 48.5 Å². The first kappa shape index (κ1) is 56.4. The molecule has 0 saturated carbocycles. The number of likely N-dealkylation sites (tertiary alicyclic amines) is 2. The van der Waals surface area contributed by atoms with Gasteiger partial charge in [0.05, 0.1) is 24.2 Å². The smallest absolute Gasteiger partial charge is 0.246 e. The molecule has 400 valence electrons. The molecule has 8 amide bonds. The summed E-state index contributed by atoms with van der Waals surface area (Å²) in [6.45, 7) is 9.34. The first-order valence-electron chi connectivity index (χ1n) is 26.4. The number of hydrogen-bond acceptors (Lipinski definition) is 11. The van der Waals surface area contributed by atoms with Gasteiger partial charge >= 0.3 is 0 Å². The van der Waals surface area contributed by atoms with E-state index in [1.807, 2.05) is 57.2 Å². The molecule has 0 aromatic heterocycles. The summed E-state index contributed by atoms with van der Waals surface area (Å²) in [5, 5.41) is 23.8. The molecule has 2 aromatic carbocycles. The number of hydrogen-bond donors (Lipinski definition) is 9. The van der Waals surface area contributed by atoms with Gasteiger partial charge in [-0.25, -0.2) is 0 Å². The Morgan fingerprint density at radius 2 is 1.18 bits per heavy atom. The van der Waals surface area contributed by atoms with Crippen LogP contribution in [0.5, 0.6) is 0 Å². The zero-order chi connectivity index (χ0) is 53.0. The summed E-state index contributed by atoms with van der Waals surface area (Å²) in [4.78, 5) is 112. The number of benzene rings is 2. The second-order valence-electron chi connectivity index (χ2n) is 21.5. The van der Waals surface area contributed by atoms with E-state index in [9.17, 15) is 38.4 Å². The van der Waals surface area contributed by atoms with Gasteiger partial charge in [0.1, 0.15) is 24.2 Å². The van der Waals surface area contributed by atoms with E-state index in [2.05, 4.69) is 54.7 Å². The van der Waals surface area contributed by atoms with Gasteiger partial charge in [0.2, 0.25) is 47.3 Å². The first-order valence-corrected chi connectivity index (χ1v) is 26.4. The Morgan fingerprint density at radius 1 is 0.658 bits per heavy atom. The fourth-order valence-corrected chi connectivity index (χ4v) is 10.6. The third-order valence-corrected chi connectivity index (χ3v) is 15.0. The van der Waals surface area contributed by atoms with Crippen LogP contribution in [0.25, 0.3) is 0 Å². The number of rotatable bonds is 21. The van der Waals surface area contributed by atoms with Crippen LogP contribution < -0.4 is 48.3 Å². The number of carbonyl (C=O) groups excluding carboxylic acids is 8. The van der Waals surface area contributed by atoms with Crippen molar-refractivity contribution < 1.29 is 38.4 Å². The molecule has 10 atom stereocenters. The molecule has 4 aliphatic rings.